The molecule has 0 aromatic carbocycles. The van der Waals surface area contributed by atoms with Crippen LogP contribution in [-0.4, -0.2) is 55.5 Å². The molecule has 4 heteroatoms. The maximum atomic E-state index is 8.86. The predicted octanol–water partition coefficient (Wildman–Crippen LogP) is -0.336. The highest BCUT2D eigenvalue weighted by molar-refractivity contribution is 4.79. The van der Waals surface area contributed by atoms with Gasteiger partial charge in [0.15, 0.2) is 0 Å². The highest BCUT2D eigenvalue weighted by Gasteiger charge is 2.23. The van der Waals surface area contributed by atoms with Gasteiger partial charge in [0.25, 0.3) is 0 Å². The van der Waals surface area contributed by atoms with Crippen molar-refractivity contribution in [3.63, 3.8) is 0 Å². The number of ether oxygens (including phenoxy) is 1. The van der Waals surface area contributed by atoms with Crippen molar-refractivity contribution in [2.24, 2.45) is 11.7 Å². The molecule has 2 atom stereocenters. The molecule has 4 nitrogen and oxygen atoms in total. The topological polar surface area (TPSA) is 58.7 Å². The van der Waals surface area contributed by atoms with E-state index in [1.807, 2.05) is 0 Å². The molecule has 0 aliphatic carbocycles. The van der Waals surface area contributed by atoms with Gasteiger partial charge in [-0.15, -0.1) is 0 Å². The van der Waals surface area contributed by atoms with Crippen LogP contribution in [0, 0.1) is 5.92 Å². The van der Waals surface area contributed by atoms with E-state index in [-0.39, 0.29) is 12.6 Å². The molecule has 3 N–H and O–H groups in total. The van der Waals surface area contributed by atoms with E-state index in [2.05, 4.69) is 11.8 Å². The molecule has 0 spiro atoms. The van der Waals surface area contributed by atoms with E-state index in [1.165, 1.54) is 0 Å². The first-order valence-corrected chi connectivity index (χ1v) is 5.44. The van der Waals surface area contributed by atoms with Crippen LogP contribution in [0.25, 0.3) is 0 Å². The zero-order valence-electron chi connectivity index (χ0n) is 8.98. The Morgan fingerprint density at radius 1 is 1.57 bits per heavy atom. The van der Waals surface area contributed by atoms with E-state index in [4.69, 9.17) is 15.6 Å². The zero-order valence-corrected chi connectivity index (χ0v) is 8.98. The van der Waals surface area contributed by atoms with E-state index < -0.39 is 0 Å². The van der Waals surface area contributed by atoms with Gasteiger partial charge >= 0.3 is 0 Å². The van der Waals surface area contributed by atoms with E-state index in [9.17, 15) is 0 Å². The van der Waals surface area contributed by atoms with Crippen molar-refractivity contribution in [3.8, 4) is 0 Å². The third-order valence-electron chi connectivity index (χ3n) is 2.89. The van der Waals surface area contributed by atoms with Crippen LogP contribution in [0.2, 0.25) is 0 Å². The molecule has 0 bridgehead atoms. The Morgan fingerprint density at radius 3 is 2.93 bits per heavy atom. The Kier molecular flexibility index (Phi) is 5.40. The van der Waals surface area contributed by atoms with Gasteiger partial charge in [0, 0.05) is 31.7 Å². The summed E-state index contributed by atoms with van der Waals surface area (Å²) in [6.45, 7) is 6.52. The lowest BCUT2D eigenvalue weighted by Crippen LogP contribution is -2.45. The minimum Gasteiger partial charge on any atom is -0.395 e. The lowest BCUT2D eigenvalue weighted by molar-refractivity contribution is 0.0246. The summed E-state index contributed by atoms with van der Waals surface area (Å²) in [5.41, 5.74) is 6.01. The SMILES string of the molecule is CCN(CCO)CC1COCCC1N. The van der Waals surface area contributed by atoms with Gasteiger partial charge in [0.2, 0.25) is 0 Å². The number of rotatable bonds is 5. The predicted molar refractivity (Wildman–Crippen MR) is 56.1 cm³/mol. The molecule has 1 fully saturated rings. The summed E-state index contributed by atoms with van der Waals surface area (Å²) in [5, 5.41) is 8.86. The average molecular weight is 202 g/mol. The summed E-state index contributed by atoms with van der Waals surface area (Å²) in [6.07, 6.45) is 0.960. The smallest absolute Gasteiger partial charge is 0.0558 e. The van der Waals surface area contributed by atoms with Crippen molar-refractivity contribution in [1.82, 2.24) is 4.90 Å². The number of aliphatic hydroxyl groups is 1. The van der Waals surface area contributed by atoms with Crippen LogP contribution in [-0.2, 0) is 4.74 Å². The summed E-state index contributed by atoms with van der Waals surface area (Å²) in [6, 6.07) is 0.261. The lowest BCUT2D eigenvalue weighted by Gasteiger charge is -2.32. The van der Waals surface area contributed by atoms with Crippen molar-refractivity contribution >= 4 is 0 Å². The summed E-state index contributed by atoms with van der Waals surface area (Å²) in [7, 11) is 0. The molecule has 84 valence electrons. The molecular weight excluding hydrogens is 180 g/mol. The van der Waals surface area contributed by atoms with Crippen LogP contribution in [0.1, 0.15) is 13.3 Å². The quantitative estimate of drug-likeness (QED) is 0.640. The third-order valence-corrected chi connectivity index (χ3v) is 2.89. The van der Waals surface area contributed by atoms with E-state index in [0.717, 1.165) is 39.3 Å². The van der Waals surface area contributed by atoms with Gasteiger partial charge < -0.3 is 20.5 Å². The van der Waals surface area contributed by atoms with Crippen molar-refractivity contribution in [2.45, 2.75) is 19.4 Å². The first kappa shape index (κ1) is 11.9. The van der Waals surface area contributed by atoms with Crippen LogP contribution in [0.4, 0.5) is 0 Å². The van der Waals surface area contributed by atoms with Crippen molar-refractivity contribution < 1.29 is 9.84 Å². The molecule has 1 aliphatic heterocycles. The number of hydrogen-bond donors (Lipinski definition) is 2. The molecule has 2 unspecified atom stereocenters. The average Bonchev–Trinajstić information content (AvgIpc) is 2.20. The van der Waals surface area contributed by atoms with Gasteiger partial charge in [0.05, 0.1) is 13.2 Å². The molecule has 0 saturated carbocycles. The molecule has 1 saturated heterocycles. The van der Waals surface area contributed by atoms with Crippen LogP contribution >= 0.6 is 0 Å². The molecule has 1 aliphatic rings. The number of aliphatic hydroxyl groups excluding tert-OH is 1. The standard InChI is InChI=1S/C10H22N2O2/c1-2-12(4-5-13)7-9-8-14-6-3-10(9)11/h9-10,13H,2-8,11H2,1H3. The summed E-state index contributed by atoms with van der Waals surface area (Å²) < 4.78 is 5.41. The van der Waals surface area contributed by atoms with E-state index in [1.54, 1.807) is 0 Å². The Bertz CT molecular complexity index is 155. The van der Waals surface area contributed by atoms with Crippen LogP contribution in [0.15, 0.2) is 0 Å². The number of nitrogens with two attached hydrogens (primary N) is 1. The molecular formula is C10H22N2O2. The fourth-order valence-corrected chi connectivity index (χ4v) is 1.85. The Labute approximate surface area is 86.0 Å². The number of likely N-dealkylation sites (N-methyl/N-ethyl adjacent to an activating group) is 1. The number of hydrogen-bond acceptors (Lipinski definition) is 4. The molecule has 0 aromatic heterocycles. The molecule has 1 rings (SSSR count). The normalized spacial score (nSPS) is 28.3. The second-order valence-electron chi connectivity index (χ2n) is 3.90. The maximum absolute atomic E-state index is 8.86. The van der Waals surface area contributed by atoms with Gasteiger partial charge in [0.1, 0.15) is 0 Å². The Balaban J connectivity index is 2.31. The fourth-order valence-electron chi connectivity index (χ4n) is 1.85. The molecule has 14 heavy (non-hydrogen) atoms. The zero-order chi connectivity index (χ0) is 10.4. The van der Waals surface area contributed by atoms with Crippen molar-refractivity contribution in [2.75, 3.05) is 39.5 Å². The minimum absolute atomic E-state index is 0.219. The minimum atomic E-state index is 0.219. The third kappa shape index (κ3) is 3.53. The summed E-state index contributed by atoms with van der Waals surface area (Å²) >= 11 is 0. The van der Waals surface area contributed by atoms with Crippen LogP contribution in [0.3, 0.4) is 0 Å². The number of nitrogens with zero attached hydrogens (tertiary/aromatic N) is 1. The monoisotopic (exact) mass is 202 g/mol. The van der Waals surface area contributed by atoms with Crippen molar-refractivity contribution in [3.05, 3.63) is 0 Å². The van der Waals surface area contributed by atoms with Gasteiger partial charge in [-0.05, 0) is 13.0 Å². The van der Waals surface area contributed by atoms with Crippen LogP contribution < -0.4 is 5.73 Å². The van der Waals surface area contributed by atoms with Gasteiger partial charge in [-0.25, -0.2) is 0 Å². The lowest BCUT2D eigenvalue weighted by atomic mass is 9.96. The van der Waals surface area contributed by atoms with Gasteiger partial charge in [-0.3, -0.25) is 0 Å². The highest BCUT2D eigenvalue weighted by Crippen LogP contribution is 2.13. The van der Waals surface area contributed by atoms with E-state index in [0.29, 0.717) is 5.92 Å². The Morgan fingerprint density at radius 2 is 2.36 bits per heavy atom. The first-order valence-electron chi connectivity index (χ1n) is 5.44. The second kappa shape index (κ2) is 6.35. The molecule has 0 aromatic rings. The highest BCUT2D eigenvalue weighted by atomic mass is 16.5. The molecule has 0 radical (unpaired) electrons. The van der Waals surface area contributed by atoms with E-state index >= 15 is 0 Å². The van der Waals surface area contributed by atoms with Crippen LogP contribution in [0.5, 0.6) is 0 Å². The molecule has 1 heterocycles. The second-order valence-corrected chi connectivity index (χ2v) is 3.90. The van der Waals surface area contributed by atoms with Crippen molar-refractivity contribution in [1.29, 1.82) is 0 Å². The molecule has 0 amide bonds. The largest absolute Gasteiger partial charge is 0.395 e. The van der Waals surface area contributed by atoms with Gasteiger partial charge in [-0.1, -0.05) is 6.92 Å². The fraction of sp³-hybridized carbons (Fsp3) is 1.00. The summed E-state index contributed by atoms with van der Waals surface area (Å²) in [5.74, 6) is 0.426. The maximum Gasteiger partial charge on any atom is 0.0558 e. The Hall–Kier alpha value is -0.160. The van der Waals surface area contributed by atoms with Gasteiger partial charge in [-0.2, -0.15) is 0 Å². The first-order chi connectivity index (χ1) is 6.77. The summed E-state index contributed by atoms with van der Waals surface area (Å²) in [4.78, 5) is 2.22.